The number of benzene rings is 1. The van der Waals surface area contributed by atoms with Gasteiger partial charge in [-0.2, -0.15) is 11.3 Å². The molecule has 1 N–H and O–H groups in total. The van der Waals surface area contributed by atoms with Crippen molar-refractivity contribution in [3.63, 3.8) is 0 Å². The van der Waals surface area contributed by atoms with Crippen molar-refractivity contribution in [3.8, 4) is 5.75 Å². The molecule has 0 aliphatic carbocycles. The fourth-order valence-electron chi connectivity index (χ4n) is 2.96. The van der Waals surface area contributed by atoms with Crippen LogP contribution in [0.15, 0.2) is 47.2 Å². The second-order valence-corrected chi connectivity index (χ2v) is 6.53. The van der Waals surface area contributed by atoms with Gasteiger partial charge >= 0.3 is 6.09 Å². The van der Waals surface area contributed by atoms with Crippen LogP contribution in [0.4, 0.5) is 4.79 Å². The maximum Gasteiger partial charge on any atom is 0.412 e. The van der Waals surface area contributed by atoms with Crippen molar-refractivity contribution in [1.29, 1.82) is 0 Å². The number of nitrogens with one attached hydrogen (secondary N) is 1. The lowest BCUT2D eigenvalue weighted by Crippen LogP contribution is -2.41. The van der Waals surface area contributed by atoms with Crippen molar-refractivity contribution in [1.82, 2.24) is 10.2 Å². The van der Waals surface area contributed by atoms with Gasteiger partial charge in [0.1, 0.15) is 5.75 Å². The molecule has 1 aromatic carbocycles. The number of hydrogen-bond donors (Lipinski definition) is 1. The van der Waals surface area contributed by atoms with Gasteiger partial charge in [0.2, 0.25) is 0 Å². The number of carbonyl (C=O) groups is 1. The summed E-state index contributed by atoms with van der Waals surface area (Å²) in [7, 11) is 0. The molecule has 1 unspecified atom stereocenters. The Morgan fingerprint density at radius 3 is 2.65 bits per heavy atom. The Balaban J connectivity index is 1.59. The topological polar surface area (TPSA) is 41.6 Å². The molecule has 122 valence electrons. The van der Waals surface area contributed by atoms with Crippen molar-refractivity contribution in [3.05, 3.63) is 52.7 Å². The SMILES string of the molecule is O=C(NCC(c1ccsc1)N1CCCCC1)Oc1ccccc1. The van der Waals surface area contributed by atoms with Gasteiger partial charge in [-0.1, -0.05) is 24.6 Å². The maximum atomic E-state index is 12.0. The molecule has 23 heavy (non-hydrogen) atoms. The van der Waals surface area contributed by atoms with Gasteiger partial charge in [0.25, 0.3) is 0 Å². The number of piperidine rings is 1. The summed E-state index contributed by atoms with van der Waals surface area (Å²) in [6, 6.07) is 11.5. The molecule has 0 saturated carbocycles. The Hall–Kier alpha value is -1.85. The summed E-state index contributed by atoms with van der Waals surface area (Å²) >= 11 is 1.70. The number of rotatable bonds is 5. The normalized spacial score (nSPS) is 16.7. The molecule has 0 bridgehead atoms. The highest BCUT2D eigenvalue weighted by molar-refractivity contribution is 7.07. The first kappa shape index (κ1) is 16.0. The Morgan fingerprint density at radius 1 is 1.17 bits per heavy atom. The Morgan fingerprint density at radius 2 is 1.96 bits per heavy atom. The second kappa shape index (κ2) is 8.13. The molecule has 4 nitrogen and oxygen atoms in total. The molecule has 1 atom stereocenters. The third-order valence-corrected chi connectivity index (χ3v) is 4.85. The molecular weight excluding hydrogens is 308 g/mol. The van der Waals surface area contributed by atoms with Crippen molar-refractivity contribution >= 4 is 17.4 Å². The first-order valence-electron chi connectivity index (χ1n) is 8.10. The Kier molecular flexibility index (Phi) is 5.66. The summed E-state index contributed by atoms with van der Waals surface area (Å²) in [6.45, 7) is 2.76. The van der Waals surface area contributed by atoms with Crippen LogP contribution in [-0.4, -0.2) is 30.6 Å². The van der Waals surface area contributed by atoms with E-state index in [1.807, 2.05) is 18.2 Å². The largest absolute Gasteiger partial charge is 0.412 e. The molecule has 5 heteroatoms. The van der Waals surface area contributed by atoms with Gasteiger partial charge < -0.3 is 10.1 Å². The van der Waals surface area contributed by atoms with Gasteiger partial charge in [-0.3, -0.25) is 4.90 Å². The lowest BCUT2D eigenvalue weighted by Gasteiger charge is -2.34. The predicted molar refractivity (Wildman–Crippen MR) is 93.0 cm³/mol. The summed E-state index contributed by atoms with van der Waals surface area (Å²) in [4.78, 5) is 14.5. The Bertz CT molecular complexity index is 595. The van der Waals surface area contributed by atoms with Crippen LogP contribution in [-0.2, 0) is 0 Å². The molecule has 0 radical (unpaired) electrons. The average Bonchev–Trinajstić information content (AvgIpc) is 3.11. The van der Waals surface area contributed by atoms with Crippen LogP contribution in [0.3, 0.4) is 0 Å². The van der Waals surface area contributed by atoms with Gasteiger partial charge in [-0.25, -0.2) is 4.79 Å². The molecule has 1 aromatic heterocycles. The average molecular weight is 330 g/mol. The van der Waals surface area contributed by atoms with Crippen LogP contribution in [0.2, 0.25) is 0 Å². The fraction of sp³-hybridized carbons (Fsp3) is 0.389. The van der Waals surface area contributed by atoms with E-state index in [-0.39, 0.29) is 6.04 Å². The van der Waals surface area contributed by atoms with E-state index < -0.39 is 6.09 Å². The third-order valence-electron chi connectivity index (χ3n) is 4.15. The number of amides is 1. The standard InChI is InChI=1S/C18H22N2O2S/c21-18(22-16-7-3-1-4-8-16)19-13-17(15-9-12-23-14-15)20-10-5-2-6-11-20/h1,3-4,7-9,12,14,17H,2,5-6,10-11,13H2,(H,19,21). The van der Waals surface area contributed by atoms with E-state index in [4.69, 9.17) is 4.74 Å². The van der Waals surface area contributed by atoms with Gasteiger partial charge in [0.05, 0.1) is 6.04 Å². The molecule has 2 heterocycles. The van der Waals surface area contributed by atoms with E-state index in [0.29, 0.717) is 12.3 Å². The zero-order valence-corrected chi connectivity index (χ0v) is 13.9. The van der Waals surface area contributed by atoms with Gasteiger partial charge in [-0.15, -0.1) is 0 Å². The number of para-hydroxylation sites is 1. The quantitative estimate of drug-likeness (QED) is 0.899. The highest BCUT2D eigenvalue weighted by Crippen LogP contribution is 2.25. The number of thiophene rings is 1. The summed E-state index contributed by atoms with van der Waals surface area (Å²) in [5.41, 5.74) is 1.27. The fourth-order valence-corrected chi connectivity index (χ4v) is 3.67. The first-order valence-corrected chi connectivity index (χ1v) is 9.04. The monoisotopic (exact) mass is 330 g/mol. The second-order valence-electron chi connectivity index (χ2n) is 5.75. The third kappa shape index (κ3) is 4.56. The summed E-state index contributed by atoms with van der Waals surface area (Å²) in [6.07, 6.45) is 3.37. The van der Waals surface area contributed by atoms with E-state index in [2.05, 4.69) is 27.0 Å². The lowest BCUT2D eigenvalue weighted by molar-refractivity contribution is 0.154. The van der Waals surface area contributed by atoms with Gasteiger partial charge in [0, 0.05) is 6.54 Å². The Labute approximate surface area is 141 Å². The van der Waals surface area contributed by atoms with Crippen LogP contribution < -0.4 is 10.1 Å². The van der Waals surface area contributed by atoms with Gasteiger partial charge in [0.15, 0.2) is 0 Å². The van der Waals surface area contributed by atoms with E-state index >= 15 is 0 Å². The molecular formula is C18H22N2O2S. The zero-order chi connectivity index (χ0) is 15.9. The molecule has 1 aliphatic rings. The first-order chi connectivity index (χ1) is 11.3. The minimum Gasteiger partial charge on any atom is -0.410 e. The molecule has 1 aliphatic heterocycles. The summed E-state index contributed by atoms with van der Waals surface area (Å²) in [5, 5.41) is 7.18. The summed E-state index contributed by atoms with van der Waals surface area (Å²) < 4.78 is 5.30. The van der Waals surface area contributed by atoms with Crippen LogP contribution in [0.1, 0.15) is 30.9 Å². The van der Waals surface area contributed by atoms with Gasteiger partial charge in [-0.05, 0) is 60.5 Å². The van der Waals surface area contributed by atoms with E-state index in [0.717, 1.165) is 13.1 Å². The minimum atomic E-state index is -0.395. The summed E-state index contributed by atoms with van der Waals surface area (Å²) in [5.74, 6) is 0.565. The highest BCUT2D eigenvalue weighted by Gasteiger charge is 2.23. The minimum absolute atomic E-state index is 0.227. The number of carbonyl (C=O) groups excluding carboxylic acids is 1. The molecule has 2 aromatic rings. The van der Waals surface area contributed by atoms with Crippen molar-refractivity contribution in [2.75, 3.05) is 19.6 Å². The molecule has 3 rings (SSSR count). The molecule has 1 amide bonds. The van der Waals surface area contributed by atoms with E-state index in [1.54, 1.807) is 23.5 Å². The highest BCUT2D eigenvalue weighted by atomic mass is 32.1. The number of likely N-dealkylation sites (tertiary alicyclic amines) is 1. The number of ether oxygens (including phenoxy) is 1. The maximum absolute atomic E-state index is 12.0. The van der Waals surface area contributed by atoms with Crippen LogP contribution in [0.25, 0.3) is 0 Å². The van der Waals surface area contributed by atoms with Crippen LogP contribution in [0.5, 0.6) is 5.75 Å². The predicted octanol–water partition coefficient (Wildman–Crippen LogP) is 4.06. The van der Waals surface area contributed by atoms with Crippen LogP contribution >= 0.6 is 11.3 Å². The zero-order valence-electron chi connectivity index (χ0n) is 13.1. The van der Waals surface area contributed by atoms with E-state index in [9.17, 15) is 4.79 Å². The van der Waals surface area contributed by atoms with E-state index in [1.165, 1.54) is 24.8 Å². The lowest BCUT2D eigenvalue weighted by atomic mass is 10.0. The molecule has 1 fully saturated rings. The molecule has 1 saturated heterocycles. The van der Waals surface area contributed by atoms with Crippen molar-refractivity contribution < 1.29 is 9.53 Å². The smallest absolute Gasteiger partial charge is 0.410 e. The number of nitrogens with zero attached hydrogens (tertiary/aromatic N) is 1. The van der Waals surface area contributed by atoms with Crippen molar-refractivity contribution in [2.24, 2.45) is 0 Å². The van der Waals surface area contributed by atoms with Crippen LogP contribution in [0, 0.1) is 0 Å². The number of hydrogen-bond acceptors (Lipinski definition) is 4. The molecule has 0 spiro atoms. The van der Waals surface area contributed by atoms with Crippen molar-refractivity contribution in [2.45, 2.75) is 25.3 Å².